The van der Waals surface area contributed by atoms with Crippen LogP contribution in [0, 0.1) is 0 Å². The number of aromatic nitrogens is 2. The molecule has 0 radical (unpaired) electrons. The Labute approximate surface area is 326 Å². The van der Waals surface area contributed by atoms with E-state index in [0.29, 0.717) is 11.4 Å². The highest BCUT2D eigenvalue weighted by Crippen LogP contribution is 2.43. The van der Waals surface area contributed by atoms with Crippen molar-refractivity contribution in [3.63, 3.8) is 0 Å². The Kier molecular flexibility index (Phi) is 6.86. The quantitative estimate of drug-likeness (QED) is 0.176. The molecule has 0 spiro atoms. The maximum atomic E-state index is 6.69. The van der Waals surface area contributed by atoms with Gasteiger partial charge in [0.1, 0.15) is 39.1 Å². The fourth-order valence-electron chi connectivity index (χ4n) is 8.44. The SMILES string of the molecule is c1ccc(-c2ccc3oc4c(-c5cccc6oc7ccc(-c8cccc(-c9cccc%10oc%11ccccc%11c9%10)c8)cc7c56)nc(-c5ccccc5)nc4c3c2)cc1. The van der Waals surface area contributed by atoms with Gasteiger partial charge < -0.3 is 13.3 Å². The normalized spacial score (nSPS) is 11.9. The number of benzene rings is 8. The van der Waals surface area contributed by atoms with Crippen LogP contribution in [-0.2, 0) is 0 Å². The van der Waals surface area contributed by atoms with Crippen molar-refractivity contribution in [3.8, 4) is 56.0 Å². The van der Waals surface area contributed by atoms with E-state index < -0.39 is 0 Å². The van der Waals surface area contributed by atoms with Crippen LogP contribution in [0.5, 0.6) is 0 Å². The van der Waals surface area contributed by atoms with Crippen molar-refractivity contribution in [3.05, 3.63) is 182 Å². The van der Waals surface area contributed by atoms with E-state index in [0.717, 1.165) is 111 Å². The van der Waals surface area contributed by atoms with Gasteiger partial charge in [-0.3, -0.25) is 0 Å². The van der Waals surface area contributed by atoms with Crippen molar-refractivity contribution in [2.24, 2.45) is 0 Å². The van der Waals surface area contributed by atoms with Crippen LogP contribution in [0.1, 0.15) is 0 Å². The lowest BCUT2D eigenvalue weighted by Gasteiger charge is -2.09. The van der Waals surface area contributed by atoms with Gasteiger partial charge in [-0.1, -0.05) is 133 Å². The lowest BCUT2D eigenvalue weighted by Crippen LogP contribution is -1.94. The summed E-state index contributed by atoms with van der Waals surface area (Å²) in [6.45, 7) is 0. The molecule has 0 atom stereocenters. The van der Waals surface area contributed by atoms with E-state index in [1.807, 2.05) is 72.8 Å². The number of fused-ring (bicyclic) bond motifs is 9. The van der Waals surface area contributed by atoms with Gasteiger partial charge in [0.05, 0.1) is 0 Å². The highest BCUT2D eigenvalue weighted by Gasteiger charge is 2.23. The third-order valence-electron chi connectivity index (χ3n) is 11.1. The van der Waals surface area contributed by atoms with E-state index in [4.69, 9.17) is 23.2 Å². The summed E-state index contributed by atoms with van der Waals surface area (Å²) in [5.41, 5.74) is 14.8. The number of para-hydroxylation sites is 1. The second-order valence-corrected chi connectivity index (χ2v) is 14.5. The molecule has 0 saturated carbocycles. The zero-order chi connectivity index (χ0) is 37.5. The molecule has 0 amide bonds. The minimum absolute atomic E-state index is 0.633. The number of hydrogen-bond donors (Lipinski definition) is 0. The van der Waals surface area contributed by atoms with Crippen molar-refractivity contribution in [1.29, 1.82) is 0 Å². The molecule has 12 aromatic rings. The standard InChI is InChI=1S/C52H30N2O3/c1-3-12-31(13-4-1)34-24-27-44-41(30-34)50-51(57-44)49(53-52(54-50)32-14-5-2-6-15-32)39-20-11-23-46-48(39)40-29-35(25-26-43(40)56-46)33-16-9-17-36(28-33)37-19-10-22-45-47(37)38-18-7-8-21-42(38)55-45/h1-30H. The summed E-state index contributed by atoms with van der Waals surface area (Å²) in [4.78, 5) is 10.4. The molecule has 0 fully saturated rings. The molecular weight excluding hydrogens is 701 g/mol. The Balaban J connectivity index is 1.06. The Morgan fingerprint density at radius 3 is 1.65 bits per heavy atom. The van der Waals surface area contributed by atoms with E-state index in [1.54, 1.807) is 0 Å². The Morgan fingerprint density at radius 2 is 0.860 bits per heavy atom. The second kappa shape index (κ2) is 12.4. The Hall–Kier alpha value is -7.76. The van der Waals surface area contributed by atoms with Gasteiger partial charge in [0.15, 0.2) is 11.4 Å². The third-order valence-corrected chi connectivity index (χ3v) is 11.1. The first-order valence-corrected chi connectivity index (χ1v) is 19.1. The molecule has 0 N–H and O–H groups in total. The van der Waals surface area contributed by atoms with Crippen molar-refractivity contribution in [1.82, 2.24) is 9.97 Å². The van der Waals surface area contributed by atoms with Crippen LogP contribution in [0.25, 0.3) is 122 Å². The summed E-state index contributed by atoms with van der Waals surface area (Å²) in [7, 11) is 0. The van der Waals surface area contributed by atoms with Gasteiger partial charge in [-0.05, 0) is 81.9 Å². The second-order valence-electron chi connectivity index (χ2n) is 14.5. The van der Waals surface area contributed by atoms with Crippen molar-refractivity contribution in [2.45, 2.75) is 0 Å². The van der Waals surface area contributed by atoms with Crippen LogP contribution in [0.2, 0.25) is 0 Å². The maximum Gasteiger partial charge on any atom is 0.180 e. The van der Waals surface area contributed by atoms with Gasteiger partial charge in [-0.25, -0.2) is 9.97 Å². The van der Waals surface area contributed by atoms with Gasteiger partial charge in [-0.2, -0.15) is 0 Å². The largest absolute Gasteiger partial charge is 0.456 e. The molecule has 4 heterocycles. The van der Waals surface area contributed by atoms with Gasteiger partial charge in [-0.15, -0.1) is 0 Å². The number of hydrogen-bond acceptors (Lipinski definition) is 5. The average molecular weight is 731 g/mol. The predicted octanol–water partition coefficient (Wildman–Crippen LogP) is 14.5. The minimum atomic E-state index is 0.633. The Bertz CT molecular complexity index is 3520. The van der Waals surface area contributed by atoms with Crippen molar-refractivity contribution >= 4 is 65.9 Å². The number of furan rings is 3. The molecule has 57 heavy (non-hydrogen) atoms. The van der Waals surface area contributed by atoms with Gasteiger partial charge >= 0.3 is 0 Å². The first-order chi connectivity index (χ1) is 28.2. The fourth-order valence-corrected chi connectivity index (χ4v) is 8.44. The number of nitrogens with zero attached hydrogens (tertiary/aromatic N) is 2. The van der Waals surface area contributed by atoms with Gasteiger partial charge in [0.2, 0.25) is 0 Å². The highest BCUT2D eigenvalue weighted by atomic mass is 16.3. The third kappa shape index (κ3) is 5.03. The molecule has 8 aromatic carbocycles. The summed E-state index contributed by atoms with van der Waals surface area (Å²) < 4.78 is 19.5. The number of rotatable bonds is 5. The van der Waals surface area contributed by atoms with Crippen LogP contribution in [0.15, 0.2) is 195 Å². The molecule has 266 valence electrons. The van der Waals surface area contributed by atoms with Crippen LogP contribution in [-0.4, -0.2) is 9.97 Å². The first kappa shape index (κ1) is 31.6. The molecular formula is C52H30N2O3. The van der Waals surface area contributed by atoms with Crippen molar-refractivity contribution < 1.29 is 13.3 Å². The van der Waals surface area contributed by atoms with Gasteiger partial charge in [0.25, 0.3) is 0 Å². The van der Waals surface area contributed by atoms with E-state index >= 15 is 0 Å². The lowest BCUT2D eigenvalue weighted by atomic mass is 9.95. The summed E-state index contributed by atoms with van der Waals surface area (Å²) >= 11 is 0. The molecule has 0 unspecified atom stereocenters. The van der Waals surface area contributed by atoms with E-state index in [9.17, 15) is 0 Å². The van der Waals surface area contributed by atoms with Crippen LogP contribution >= 0.6 is 0 Å². The average Bonchev–Trinajstić information content (AvgIpc) is 3.97. The summed E-state index contributed by atoms with van der Waals surface area (Å²) in [6, 6.07) is 62.7. The minimum Gasteiger partial charge on any atom is -0.456 e. The Morgan fingerprint density at radius 1 is 0.316 bits per heavy atom. The molecule has 0 saturated heterocycles. The van der Waals surface area contributed by atoms with E-state index in [2.05, 4.69) is 109 Å². The van der Waals surface area contributed by atoms with E-state index in [1.165, 1.54) is 0 Å². The molecule has 0 aliphatic rings. The van der Waals surface area contributed by atoms with E-state index in [-0.39, 0.29) is 0 Å². The summed E-state index contributed by atoms with van der Waals surface area (Å²) in [5, 5.41) is 5.16. The smallest absolute Gasteiger partial charge is 0.180 e. The van der Waals surface area contributed by atoms with Crippen LogP contribution in [0.3, 0.4) is 0 Å². The van der Waals surface area contributed by atoms with Crippen LogP contribution < -0.4 is 0 Å². The molecule has 12 rings (SSSR count). The molecule has 5 nitrogen and oxygen atoms in total. The topological polar surface area (TPSA) is 65.2 Å². The van der Waals surface area contributed by atoms with Crippen molar-refractivity contribution in [2.75, 3.05) is 0 Å². The predicted molar refractivity (Wildman–Crippen MR) is 231 cm³/mol. The lowest BCUT2D eigenvalue weighted by molar-refractivity contribution is 0.667. The fraction of sp³-hybridized carbons (Fsp3) is 0. The maximum absolute atomic E-state index is 6.69. The summed E-state index contributed by atoms with van der Waals surface area (Å²) in [5.74, 6) is 0.633. The molecule has 0 aliphatic heterocycles. The molecule has 4 aromatic heterocycles. The van der Waals surface area contributed by atoms with Crippen LogP contribution in [0.4, 0.5) is 0 Å². The zero-order valence-corrected chi connectivity index (χ0v) is 30.4. The first-order valence-electron chi connectivity index (χ1n) is 19.1. The zero-order valence-electron chi connectivity index (χ0n) is 30.4. The monoisotopic (exact) mass is 730 g/mol. The van der Waals surface area contributed by atoms with Gasteiger partial charge in [0, 0.05) is 38.1 Å². The molecule has 0 bridgehead atoms. The molecule has 0 aliphatic carbocycles. The molecule has 5 heteroatoms. The highest BCUT2D eigenvalue weighted by molar-refractivity contribution is 6.17. The summed E-state index contributed by atoms with van der Waals surface area (Å²) in [6.07, 6.45) is 0.